The number of aliphatic hydroxyl groups is 3. The molecule has 1 saturated heterocycles. The van der Waals surface area contributed by atoms with Crippen LogP contribution in [0.5, 0.6) is 0 Å². The minimum atomic E-state index is -5.22. The van der Waals surface area contributed by atoms with Crippen molar-refractivity contribution in [3.63, 3.8) is 0 Å². The van der Waals surface area contributed by atoms with Gasteiger partial charge in [0.25, 0.3) is 5.56 Å². The lowest BCUT2D eigenvalue weighted by Crippen LogP contribution is -2.45. The third-order valence-corrected chi connectivity index (χ3v) is 8.55. The number of phosphoric ester groups is 1. The van der Waals surface area contributed by atoms with Gasteiger partial charge in [0.1, 0.15) is 17.8 Å². The zero-order valence-electron chi connectivity index (χ0n) is 27.3. The van der Waals surface area contributed by atoms with Gasteiger partial charge < -0.3 is 30.3 Å². The van der Waals surface area contributed by atoms with Gasteiger partial charge in [0.05, 0.1) is 28.1 Å². The van der Waals surface area contributed by atoms with Crippen LogP contribution in [-0.2, 0) is 23.1 Å². The Hall–Kier alpha value is -1.48. The third kappa shape index (κ3) is 12.8. The molecule has 1 aromatic rings. The smallest absolute Gasteiger partial charge is 0.391 e. The van der Waals surface area contributed by atoms with E-state index in [-0.39, 0.29) is 4.77 Å². The first-order valence-corrected chi connectivity index (χ1v) is 16.9. The largest absolute Gasteiger partial charge is 0.472 e. The number of amides is 1. The molecule has 0 aromatic carbocycles. The molecule has 0 spiro atoms. The highest BCUT2D eigenvalue weighted by atomic mass is 32.1. The average Bonchev–Trinajstić information content (AvgIpc) is 3.17. The Balaban J connectivity index is 1.91. The van der Waals surface area contributed by atoms with Crippen LogP contribution in [0, 0.1) is 4.77 Å². The van der Waals surface area contributed by atoms with E-state index in [1.807, 2.05) is 0 Å². The molecule has 0 radical (unpaired) electrons. The summed E-state index contributed by atoms with van der Waals surface area (Å²) in [5.41, 5.74) is -2.71. The van der Waals surface area contributed by atoms with Crippen molar-refractivity contribution in [2.24, 2.45) is 0 Å². The molecular weight excluding hydrogens is 601 g/mol. The van der Waals surface area contributed by atoms with Crippen LogP contribution in [0.2, 0.25) is 0 Å². The summed E-state index contributed by atoms with van der Waals surface area (Å²) in [5, 5.41) is 34.8. The van der Waals surface area contributed by atoms with Crippen molar-refractivity contribution >= 4 is 25.9 Å². The maximum Gasteiger partial charge on any atom is 0.472 e. The van der Waals surface area contributed by atoms with Gasteiger partial charge in [-0.3, -0.25) is 28.2 Å². The van der Waals surface area contributed by atoms with Gasteiger partial charge >= 0.3 is 7.82 Å². The Morgan fingerprint density at radius 1 is 1.21 bits per heavy atom. The van der Waals surface area contributed by atoms with E-state index < -0.39 is 68.6 Å². The lowest BCUT2D eigenvalue weighted by molar-refractivity contribution is -0.121. The number of H-pyrrole nitrogens is 1. The molecule has 43 heavy (non-hydrogen) atoms. The summed E-state index contributed by atoms with van der Waals surface area (Å²) >= 11 is 5.07. The number of aromatic amines is 1. The van der Waals surface area contributed by atoms with Gasteiger partial charge in [-0.25, -0.2) is 4.57 Å². The summed E-state index contributed by atoms with van der Waals surface area (Å²) in [5.74, 6) is -0.512. The minimum Gasteiger partial charge on any atom is -0.391 e. The number of nitrogens with zero attached hydrogens (tertiary/aromatic N) is 1. The molecule has 4 unspecified atom stereocenters. The van der Waals surface area contributed by atoms with E-state index in [4.69, 9.17) is 28.7 Å². The highest BCUT2D eigenvalue weighted by Gasteiger charge is 2.53. The quantitative estimate of drug-likeness (QED) is 0.0645. The van der Waals surface area contributed by atoms with Crippen molar-refractivity contribution in [2.75, 3.05) is 13.2 Å². The predicted octanol–water partition coefficient (Wildman–Crippen LogP) is 3.62. The highest BCUT2D eigenvalue weighted by Crippen LogP contribution is 2.46. The van der Waals surface area contributed by atoms with E-state index in [0.29, 0.717) is 12.8 Å². The number of phosphoric acid groups is 1. The Morgan fingerprint density at radius 3 is 2.35 bits per heavy atom. The second-order valence-corrected chi connectivity index (χ2v) is 13.0. The molecule has 1 fully saturated rings. The molecule has 1 aromatic heterocycles. The Labute approximate surface area is 261 Å². The monoisotopic (exact) mass is 653 g/mol. The van der Waals surface area contributed by atoms with Gasteiger partial charge in [0.15, 0.2) is 11.0 Å². The number of nitrogens with one attached hydrogen (secondary N) is 2. The fourth-order valence-electron chi connectivity index (χ4n) is 4.90. The highest BCUT2D eigenvalue weighted by molar-refractivity contribution is 7.71. The number of hydrogen-bond donors (Lipinski definition) is 6. The molecule has 1 aliphatic heterocycles. The summed E-state index contributed by atoms with van der Waals surface area (Å²) in [6.45, 7) is 0.678. The molecule has 1 aliphatic rings. The van der Waals surface area contributed by atoms with Gasteiger partial charge in [-0.05, 0) is 25.6 Å². The van der Waals surface area contributed by atoms with Crippen molar-refractivity contribution in [2.45, 2.75) is 134 Å². The first-order chi connectivity index (χ1) is 21.0. The van der Waals surface area contributed by atoms with Crippen LogP contribution in [0.4, 0.5) is 0 Å². The van der Waals surface area contributed by atoms with Crippen molar-refractivity contribution < 1.29 is 46.1 Å². The molecule has 15 heteroatoms. The van der Waals surface area contributed by atoms with Gasteiger partial charge in [-0.15, -0.1) is 0 Å². The number of carbonyl (C=O) groups excluding carboxylic acids is 1. The van der Waals surface area contributed by atoms with E-state index >= 15 is 0 Å². The molecule has 0 aliphatic carbocycles. The molecule has 13 nitrogen and oxygen atoms in total. The van der Waals surface area contributed by atoms with Gasteiger partial charge in [-0.1, -0.05) is 77.6 Å². The fourth-order valence-corrected chi connectivity index (χ4v) is 5.80. The third-order valence-electron chi connectivity index (χ3n) is 7.42. The lowest BCUT2D eigenvalue weighted by atomic mass is 9.96. The average molecular weight is 654 g/mol. The number of aliphatic hydroxyl groups excluding tert-OH is 2. The van der Waals surface area contributed by atoms with Crippen molar-refractivity contribution in [3.05, 3.63) is 27.4 Å². The number of unbranched alkanes of at least 4 members (excludes halogenated alkanes) is 10. The zero-order chi connectivity index (χ0) is 33.8. The molecule has 7 atom stereocenters. The van der Waals surface area contributed by atoms with Crippen LogP contribution >= 0.6 is 20.0 Å². The number of aromatic nitrogens is 2. The van der Waals surface area contributed by atoms with Crippen molar-refractivity contribution in [1.82, 2.24) is 14.9 Å². The summed E-state index contributed by atoms with van der Waals surface area (Å²) in [6, 6.07) is -0.00586. The fraction of sp³-hybridized carbons (Fsp3) is 0.821. The van der Waals surface area contributed by atoms with Gasteiger partial charge in [0, 0.05) is 19.2 Å². The normalized spacial score (nSPS) is 25.9. The number of hydrogen-bond acceptors (Lipinski definition) is 10. The van der Waals surface area contributed by atoms with Crippen LogP contribution in [0.3, 0.4) is 0 Å². The second-order valence-electron chi connectivity index (χ2n) is 11.3. The first-order valence-electron chi connectivity index (χ1n) is 16.0. The molecule has 248 valence electrons. The molecular formula is C28H50N3O10PS. The van der Waals surface area contributed by atoms with Crippen molar-refractivity contribution in [3.8, 4) is 0 Å². The number of ether oxygens (including phenoxy) is 1. The van der Waals surface area contributed by atoms with Crippen LogP contribution in [0.15, 0.2) is 17.1 Å². The Bertz CT molecular complexity index is 1230. The van der Waals surface area contributed by atoms with Crippen LogP contribution in [-0.4, -0.2) is 78.8 Å². The standard InChI is InChI=1S/C28H50N3O10PS/c1-4-5-6-7-8-9-10-11-12-13-14-15-22(33)21(29-20(2)32)18-39-42(37,38)40-19-23-25(35)28(3,36)26(41-23)31-17-16-24(34)30-27(31)43/h16-17,21-23,25-26,33,35-36H,4-15,18-19H2,1-3H3,(H,29,32)(H,37,38)(H,30,34,43)/t21?,22?,23-,25+,26-,28?/m1/s1/i19D2. The van der Waals surface area contributed by atoms with Crippen LogP contribution in [0.25, 0.3) is 0 Å². The molecule has 2 rings (SSSR count). The molecule has 2 heterocycles. The van der Waals surface area contributed by atoms with E-state index in [1.54, 1.807) is 0 Å². The summed E-state index contributed by atoms with van der Waals surface area (Å²) in [4.78, 5) is 35.9. The van der Waals surface area contributed by atoms with Crippen LogP contribution < -0.4 is 10.9 Å². The predicted molar refractivity (Wildman–Crippen MR) is 163 cm³/mol. The number of carbonyl (C=O) groups is 1. The SMILES string of the molecule is [2H]C([2H])(OP(=O)(O)OCC(NC(C)=O)C(O)CCCCCCCCCCCCC)[C@H]1O[C@@H](n2ccc(=O)[nH]c2=S)C(C)(O)[C@H]1O. The maximum atomic E-state index is 12.8. The topological polar surface area (TPSA) is 193 Å². The first kappa shape index (κ1) is 34.4. The van der Waals surface area contributed by atoms with E-state index in [0.717, 1.165) is 36.8 Å². The molecule has 1 amide bonds. The summed E-state index contributed by atoms with van der Waals surface area (Å²) in [7, 11) is -5.22. The van der Waals surface area contributed by atoms with Crippen molar-refractivity contribution in [1.29, 1.82) is 0 Å². The summed E-state index contributed by atoms with van der Waals surface area (Å²) < 4.78 is 45.4. The minimum absolute atomic E-state index is 0.186. The summed E-state index contributed by atoms with van der Waals surface area (Å²) in [6.07, 6.45) is 7.23. The van der Waals surface area contributed by atoms with E-state index in [9.17, 15) is 34.4 Å². The Morgan fingerprint density at radius 2 is 1.79 bits per heavy atom. The number of rotatable bonds is 21. The van der Waals surface area contributed by atoms with Gasteiger partial charge in [-0.2, -0.15) is 0 Å². The Kier molecular flexibility index (Phi) is 14.8. The molecule has 6 N–H and O–H groups in total. The molecule has 0 bridgehead atoms. The van der Waals surface area contributed by atoms with E-state index in [1.165, 1.54) is 58.1 Å². The van der Waals surface area contributed by atoms with Gasteiger partial charge in [0.2, 0.25) is 5.91 Å². The van der Waals surface area contributed by atoms with E-state index in [2.05, 4.69) is 17.2 Å². The second kappa shape index (κ2) is 18.5. The lowest BCUT2D eigenvalue weighted by Gasteiger charge is -2.28. The zero-order valence-corrected chi connectivity index (χ0v) is 27.0. The maximum absolute atomic E-state index is 12.8. The molecule has 0 saturated carbocycles. The van der Waals surface area contributed by atoms with Crippen LogP contribution in [0.1, 0.15) is 107 Å².